The Morgan fingerprint density at radius 2 is 2.29 bits per heavy atom. The van der Waals surface area contributed by atoms with Crippen molar-refractivity contribution >= 4 is 5.97 Å². The number of likely N-dealkylation sites (N-methyl/N-ethyl adjacent to an activating group) is 1. The van der Waals surface area contributed by atoms with Gasteiger partial charge in [0.05, 0.1) is 25.7 Å². The summed E-state index contributed by atoms with van der Waals surface area (Å²) in [5.74, 6) is 0.101. The SMILES string of the molecule is CNC1COCC1C(=O)OCC(C)C. The molecule has 82 valence electrons. The average molecular weight is 201 g/mol. The lowest BCUT2D eigenvalue weighted by molar-refractivity contribution is -0.150. The summed E-state index contributed by atoms with van der Waals surface area (Å²) >= 11 is 0. The summed E-state index contributed by atoms with van der Waals surface area (Å²) in [7, 11) is 1.84. The molecule has 1 aliphatic heterocycles. The van der Waals surface area contributed by atoms with Gasteiger partial charge in [-0.15, -0.1) is 0 Å². The lowest BCUT2D eigenvalue weighted by atomic mass is 10.0. The number of esters is 1. The third-order valence-corrected chi connectivity index (χ3v) is 2.31. The van der Waals surface area contributed by atoms with Crippen molar-refractivity contribution in [1.29, 1.82) is 0 Å². The molecular weight excluding hydrogens is 182 g/mol. The smallest absolute Gasteiger partial charge is 0.312 e. The van der Waals surface area contributed by atoms with Crippen molar-refractivity contribution in [1.82, 2.24) is 5.32 Å². The van der Waals surface area contributed by atoms with Gasteiger partial charge in [0.25, 0.3) is 0 Å². The Kier molecular flexibility index (Phi) is 4.35. The van der Waals surface area contributed by atoms with Gasteiger partial charge in [-0.3, -0.25) is 4.79 Å². The minimum atomic E-state index is -0.143. The quantitative estimate of drug-likeness (QED) is 0.670. The van der Waals surface area contributed by atoms with Crippen molar-refractivity contribution in [3.8, 4) is 0 Å². The fourth-order valence-corrected chi connectivity index (χ4v) is 1.43. The van der Waals surface area contributed by atoms with Crippen LogP contribution in [0.15, 0.2) is 0 Å². The summed E-state index contributed by atoms with van der Waals surface area (Å²) < 4.78 is 10.4. The van der Waals surface area contributed by atoms with E-state index in [4.69, 9.17) is 9.47 Å². The second kappa shape index (κ2) is 5.32. The maximum absolute atomic E-state index is 11.6. The molecule has 0 radical (unpaired) electrons. The number of rotatable bonds is 4. The fraction of sp³-hybridized carbons (Fsp3) is 0.900. The summed E-state index contributed by atoms with van der Waals surface area (Å²) in [6.07, 6.45) is 0. The second-order valence-electron chi connectivity index (χ2n) is 4.06. The van der Waals surface area contributed by atoms with E-state index in [1.54, 1.807) is 0 Å². The van der Waals surface area contributed by atoms with Crippen LogP contribution in [0, 0.1) is 11.8 Å². The zero-order chi connectivity index (χ0) is 10.6. The van der Waals surface area contributed by atoms with Crippen molar-refractivity contribution < 1.29 is 14.3 Å². The molecule has 0 spiro atoms. The fourth-order valence-electron chi connectivity index (χ4n) is 1.43. The maximum atomic E-state index is 11.6. The zero-order valence-corrected chi connectivity index (χ0v) is 9.08. The van der Waals surface area contributed by atoms with Gasteiger partial charge in [-0.1, -0.05) is 13.8 Å². The van der Waals surface area contributed by atoms with Gasteiger partial charge in [-0.05, 0) is 13.0 Å². The van der Waals surface area contributed by atoms with Gasteiger partial charge in [0.2, 0.25) is 0 Å². The van der Waals surface area contributed by atoms with Gasteiger partial charge in [0, 0.05) is 6.04 Å². The Balaban J connectivity index is 2.35. The number of hydrogen-bond donors (Lipinski definition) is 1. The Morgan fingerprint density at radius 3 is 2.86 bits per heavy atom. The van der Waals surface area contributed by atoms with Crippen LogP contribution in [0.3, 0.4) is 0 Å². The first kappa shape index (κ1) is 11.5. The van der Waals surface area contributed by atoms with Crippen LogP contribution in [0.25, 0.3) is 0 Å². The standard InChI is InChI=1S/C10H19NO3/c1-7(2)4-14-10(12)8-5-13-6-9(8)11-3/h7-9,11H,4-6H2,1-3H3. The first-order chi connectivity index (χ1) is 6.65. The van der Waals surface area contributed by atoms with Crippen LogP contribution in [0.2, 0.25) is 0 Å². The third-order valence-electron chi connectivity index (χ3n) is 2.31. The van der Waals surface area contributed by atoms with Crippen molar-refractivity contribution in [3.05, 3.63) is 0 Å². The highest BCUT2D eigenvalue weighted by atomic mass is 16.5. The van der Waals surface area contributed by atoms with Crippen molar-refractivity contribution in [2.24, 2.45) is 11.8 Å². The number of carbonyl (C=O) groups excluding carboxylic acids is 1. The second-order valence-corrected chi connectivity index (χ2v) is 4.06. The number of carbonyl (C=O) groups is 1. The molecule has 1 N–H and O–H groups in total. The molecule has 0 bridgehead atoms. The number of hydrogen-bond acceptors (Lipinski definition) is 4. The summed E-state index contributed by atoms with van der Waals surface area (Å²) in [6.45, 7) is 5.61. The third kappa shape index (κ3) is 2.96. The van der Waals surface area contributed by atoms with Gasteiger partial charge in [-0.25, -0.2) is 0 Å². The first-order valence-electron chi connectivity index (χ1n) is 5.06. The molecule has 0 aromatic heterocycles. The molecule has 0 amide bonds. The lowest BCUT2D eigenvalue weighted by Crippen LogP contribution is -2.38. The molecule has 0 aromatic rings. The van der Waals surface area contributed by atoms with Gasteiger partial charge in [-0.2, -0.15) is 0 Å². The molecule has 2 unspecified atom stereocenters. The lowest BCUT2D eigenvalue weighted by Gasteiger charge is -2.16. The van der Waals surface area contributed by atoms with Crippen molar-refractivity contribution in [2.75, 3.05) is 26.9 Å². The Labute approximate surface area is 85.0 Å². The van der Waals surface area contributed by atoms with Crippen LogP contribution in [-0.4, -0.2) is 38.9 Å². The maximum Gasteiger partial charge on any atom is 0.312 e. The van der Waals surface area contributed by atoms with Gasteiger partial charge < -0.3 is 14.8 Å². The Hall–Kier alpha value is -0.610. The molecule has 0 aromatic carbocycles. The predicted octanol–water partition coefficient (Wildman–Crippen LogP) is 0.420. The molecule has 1 rings (SSSR count). The molecule has 0 aliphatic carbocycles. The van der Waals surface area contributed by atoms with Crippen LogP contribution in [0.1, 0.15) is 13.8 Å². The van der Waals surface area contributed by atoms with E-state index in [9.17, 15) is 4.79 Å². The van der Waals surface area contributed by atoms with Crippen LogP contribution in [0.4, 0.5) is 0 Å². The minimum Gasteiger partial charge on any atom is -0.465 e. The van der Waals surface area contributed by atoms with E-state index < -0.39 is 0 Å². The largest absolute Gasteiger partial charge is 0.465 e. The first-order valence-corrected chi connectivity index (χ1v) is 5.06. The normalized spacial score (nSPS) is 26.9. The molecule has 14 heavy (non-hydrogen) atoms. The number of nitrogens with one attached hydrogen (secondary N) is 1. The molecule has 1 saturated heterocycles. The summed E-state index contributed by atoms with van der Waals surface area (Å²) in [5, 5.41) is 3.06. The molecule has 4 heteroatoms. The minimum absolute atomic E-state index is 0.106. The van der Waals surface area contributed by atoms with Gasteiger partial charge >= 0.3 is 5.97 Å². The molecule has 1 aliphatic rings. The summed E-state index contributed by atoms with van der Waals surface area (Å²) in [4.78, 5) is 11.6. The molecule has 4 nitrogen and oxygen atoms in total. The van der Waals surface area contributed by atoms with E-state index in [1.165, 1.54) is 0 Å². The van der Waals surface area contributed by atoms with Crippen LogP contribution in [-0.2, 0) is 14.3 Å². The topological polar surface area (TPSA) is 47.6 Å². The molecule has 0 saturated carbocycles. The highest BCUT2D eigenvalue weighted by Crippen LogP contribution is 2.15. The molecule has 1 fully saturated rings. The van der Waals surface area contributed by atoms with E-state index in [0.717, 1.165) is 0 Å². The molecule has 1 heterocycles. The van der Waals surface area contributed by atoms with E-state index in [-0.39, 0.29) is 17.9 Å². The van der Waals surface area contributed by atoms with Crippen molar-refractivity contribution in [3.63, 3.8) is 0 Å². The molecular formula is C10H19NO3. The van der Waals surface area contributed by atoms with Crippen molar-refractivity contribution in [2.45, 2.75) is 19.9 Å². The summed E-state index contributed by atoms with van der Waals surface area (Å²) in [5.41, 5.74) is 0. The van der Waals surface area contributed by atoms with Crippen LogP contribution >= 0.6 is 0 Å². The average Bonchev–Trinajstić information content (AvgIpc) is 2.61. The zero-order valence-electron chi connectivity index (χ0n) is 9.08. The van der Waals surface area contributed by atoms with E-state index in [2.05, 4.69) is 5.32 Å². The van der Waals surface area contributed by atoms with Gasteiger partial charge in [0.15, 0.2) is 0 Å². The predicted molar refractivity (Wildman–Crippen MR) is 53.0 cm³/mol. The summed E-state index contributed by atoms with van der Waals surface area (Å²) in [6, 6.07) is 0.106. The monoisotopic (exact) mass is 201 g/mol. The van der Waals surface area contributed by atoms with E-state index in [0.29, 0.717) is 25.7 Å². The molecule has 2 atom stereocenters. The van der Waals surface area contributed by atoms with Gasteiger partial charge in [0.1, 0.15) is 0 Å². The van der Waals surface area contributed by atoms with E-state index >= 15 is 0 Å². The highest BCUT2D eigenvalue weighted by molar-refractivity contribution is 5.73. The van der Waals surface area contributed by atoms with Crippen LogP contribution in [0.5, 0.6) is 0 Å². The highest BCUT2D eigenvalue weighted by Gasteiger charge is 2.34. The Bertz CT molecular complexity index is 194. The Morgan fingerprint density at radius 1 is 1.57 bits per heavy atom. The number of ether oxygens (including phenoxy) is 2. The van der Waals surface area contributed by atoms with E-state index in [1.807, 2.05) is 20.9 Å². The van der Waals surface area contributed by atoms with Crippen LogP contribution < -0.4 is 5.32 Å².